The molecule has 0 aliphatic carbocycles. The Balaban J connectivity index is 2.22. The van der Waals surface area contributed by atoms with Gasteiger partial charge in [0.1, 0.15) is 5.92 Å². The lowest BCUT2D eigenvalue weighted by Gasteiger charge is -2.53. The molecule has 3 aliphatic rings. The first-order valence-electron chi connectivity index (χ1n) is 5.92. The van der Waals surface area contributed by atoms with Crippen molar-refractivity contribution in [1.82, 2.24) is 0 Å². The second kappa shape index (κ2) is 4.23. The molecule has 3 rings (SSSR count). The lowest BCUT2D eigenvalue weighted by Crippen LogP contribution is -2.64. The van der Waals surface area contributed by atoms with E-state index in [0.717, 1.165) is 0 Å². The first-order valence-corrected chi connectivity index (χ1v) is 5.92. The largest absolute Gasteiger partial charge is 0.469 e. The molecule has 0 aromatic rings. The summed E-state index contributed by atoms with van der Waals surface area (Å²) in [4.78, 5) is 11.9. The van der Waals surface area contributed by atoms with Crippen LogP contribution in [0.25, 0.3) is 0 Å². The minimum absolute atomic E-state index is 0.0184. The summed E-state index contributed by atoms with van der Waals surface area (Å²) in [6, 6.07) is 0. The van der Waals surface area contributed by atoms with Gasteiger partial charge in [-0.05, 0) is 5.92 Å². The molecule has 1 atom stereocenters. The topological polar surface area (TPSA) is 54.0 Å². The highest BCUT2D eigenvalue weighted by Crippen LogP contribution is 2.44. The molecule has 3 aliphatic heterocycles. The van der Waals surface area contributed by atoms with Crippen LogP contribution in [-0.2, 0) is 23.7 Å². The van der Waals surface area contributed by atoms with E-state index in [2.05, 4.69) is 0 Å². The van der Waals surface area contributed by atoms with Gasteiger partial charge >= 0.3 is 5.97 Å². The number of methoxy groups -OCH3 is 1. The minimum atomic E-state index is -1.25. The smallest absolute Gasteiger partial charge is 0.317 e. The molecule has 0 radical (unpaired) electrons. The third-order valence-electron chi connectivity index (χ3n) is 3.37. The zero-order chi connectivity index (χ0) is 12.7. The van der Waals surface area contributed by atoms with E-state index in [9.17, 15) is 4.79 Å². The average molecular weight is 244 g/mol. The van der Waals surface area contributed by atoms with Gasteiger partial charge in [-0.3, -0.25) is 4.79 Å². The van der Waals surface area contributed by atoms with Crippen LogP contribution in [0, 0.1) is 17.3 Å². The fourth-order valence-electron chi connectivity index (χ4n) is 2.30. The Hall–Kier alpha value is -0.650. The zero-order valence-electron chi connectivity index (χ0n) is 10.8. The predicted octanol–water partition coefficient (Wildman–Crippen LogP) is 1.17. The van der Waals surface area contributed by atoms with Crippen molar-refractivity contribution >= 4 is 5.97 Å². The SMILES string of the molecule is COC(=O)C(C(C)C)C12OCC(C)(CO1)CO2. The second-order valence-corrected chi connectivity index (χ2v) is 5.53. The molecule has 3 heterocycles. The summed E-state index contributed by atoms with van der Waals surface area (Å²) in [5, 5.41) is 0. The third-order valence-corrected chi connectivity index (χ3v) is 3.37. The van der Waals surface area contributed by atoms with Crippen LogP contribution in [0.3, 0.4) is 0 Å². The van der Waals surface area contributed by atoms with Crippen LogP contribution < -0.4 is 0 Å². The highest BCUT2D eigenvalue weighted by molar-refractivity contribution is 5.73. The lowest BCUT2D eigenvalue weighted by atomic mass is 9.87. The summed E-state index contributed by atoms with van der Waals surface area (Å²) in [6.45, 7) is 7.54. The predicted molar refractivity (Wildman–Crippen MR) is 59.0 cm³/mol. The maximum atomic E-state index is 11.9. The molecular formula is C12H20O5. The maximum Gasteiger partial charge on any atom is 0.317 e. The summed E-state index contributed by atoms with van der Waals surface area (Å²) in [7, 11) is 1.37. The van der Waals surface area contributed by atoms with Crippen molar-refractivity contribution in [3.63, 3.8) is 0 Å². The van der Waals surface area contributed by atoms with Gasteiger partial charge in [-0.25, -0.2) is 0 Å². The third kappa shape index (κ3) is 2.07. The van der Waals surface area contributed by atoms with Gasteiger partial charge in [-0.2, -0.15) is 0 Å². The van der Waals surface area contributed by atoms with Crippen LogP contribution >= 0.6 is 0 Å². The van der Waals surface area contributed by atoms with Crippen LogP contribution in [0.1, 0.15) is 20.8 Å². The monoisotopic (exact) mass is 244 g/mol. The lowest BCUT2D eigenvalue weighted by molar-refractivity contribution is -0.482. The van der Waals surface area contributed by atoms with E-state index in [1.54, 1.807) is 0 Å². The van der Waals surface area contributed by atoms with E-state index in [1.165, 1.54) is 7.11 Å². The van der Waals surface area contributed by atoms with E-state index >= 15 is 0 Å². The standard InChI is InChI=1S/C12H20O5/c1-8(2)9(10(13)14-4)12-15-5-11(3,6-16-12)7-17-12/h8-9H,5-7H2,1-4H3. The molecule has 5 heteroatoms. The second-order valence-electron chi connectivity index (χ2n) is 5.53. The van der Waals surface area contributed by atoms with E-state index < -0.39 is 11.9 Å². The highest BCUT2D eigenvalue weighted by atomic mass is 16.9. The normalized spacial score (nSPS) is 38.2. The number of rotatable bonds is 3. The highest BCUT2D eigenvalue weighted by Gasteiger charge is 2.58. The summed E-state index contributed by atoms with van der Waals surface area (Å²) in [5.74, 6) is -2.15. The fourth-order valence-corrected chi connectivity index (χ4v) is 2.30. The molecule has 0 aromatic carbocycles. The minimum Gasteiger partial charge on any atom is -0.469 e. The van der Waals surface area contributed by atoms with Gasteiger partial charge in [0.05, 0.1) is 26.9 Å². The molecule has 0 spiro atoms. The summed E-state index contributed by atoms with van der Waals surface area (Å²) in [6.07, 6.45) is 0. The van der Waals surface area contributed by atoms with Gasteiger partial charge in [0.15, 0.2) is 0 Å². The van der Waals surface area contributed by atoms with Crippen LogP contribution in [0.2, 0.25) is 0 Å². The number of esters is 1. The molecule has 17 heavy (non-hydrogen) atoms. The number of hydrogen-bond donors (Lipinski definition) is 0. The van der Waals surface area contributed by atoms with Gasteiger partial charge in [-0.1, -0.05) is 20.8 Å². The molecule has 0 N–H and O–H groups in total. The Morgan fingerprint density at radius 2 is 1.65 bits per heavy atom. The Morgan fingerprint density at radius 3 is 2.00 bits per heavy atom. The quantitative estimate of drug-likeness (QED) is 0.697. The molecule has 2 bridgehead atoms. The van der Waals surface area contributed by atoms with Gasteiger partial charge in [0, 0.05) is 5.41 Å². The Morgan fingerprint density at radius 1 is 1.18 bits per heavy atom. The number of carbonyl (C=O) groups excluding carboxylic acids is 1. The molecule has 0 saturated carbocycles. The number of fused-ring (bicyclic) bond motifs is 3. The molecule has 0 amide bonds. The first kappa shape index (κ1) is 12.8. The van der Waals surface area contributed by atoms with Crippen LogP contribution in [0.15, 0.2) is 0 Å². The molecule has 0 aromatic heterocycles. The molecular weight excluding hydrogens is 224 g/mol. The van der Waals surface area contributed by atoms with Crippen molar-refractivity contribution in [1.29, 1.82) is 0 Å². The number of carbonyl (C=O) groups is 1. The summed E-state index contributed by atoms with van der Waals surface area (Å²) in [5.41, 5.74) is -0.0978. The van der Waals surface area contributed by atoms with Crippen molar-refractivity contribution in [2.75, 3.05) is 26.9 Å². The molecule has 3 fully saturated rings. The molecule has 5 nitrogen and oxygen atoms in total. The average Bonchev–Trinajstić information content (AvgIpc) is 2.30. The van der Waals surface area contributed by atoms with Crippen molar-refractivity contribution in [2.45, 2.75) is 26.7 Å². The zero-order valence-corrected chi connectivity index (χ0v) is 10.8. The van der Waals surface area contributed by atoms with E-state index in [1.807, 2.05) is 20.8 Å². The summed E-state index contributed by atoms with van der Waals surface area (Å²) < 4.78 is 21.8. The first-order chi connectivity index (χ1) is 7.92. The van der Waals surface area contributed by atoms with Gasteiger partial charge in [0.2, 0.25) is 0 Å². The van der Waals surface area contributed by atoms with E-state index in [-0.39, 0.29) is 17.3 Å². The maximum absolute atomic E-state index is 11.9. The van der Waals surface area contributed by atoms with Crippen molar-refractivity contribution < 1.29 is 23.7 Å². The fraction of sp³-hybridized carbons (Fsp3) is 0.917. The molecule has 98 valence electrons. The Bertz CT molecular complexity index is 287. The van der Waals surface area contributed by atoms with Gasteiger partial charge < -0.3 is 18.9 Å². The number of ether oxygens (including phenoxy) is 4. The van der Waals surface area contributed by atoms with Crippen LogP contribution in [0.5, 0.6) is 0 Å². The van der Waals surface area contributed by atoms with Crippen LogP contribution in [0.4, 0.5) is 0 Å². The van der Waals surface area contributed by atoms with Crippen LogP contribution in [-0.4, -0.2) is 38.9 Å². The number of hydrogen-bond acceptors (Lipinski definition) is 5. The van der Waals surface area contributed by atoms with Gasteiger partial charge in [-0.15, -0.1) is 0 Å². The van der Waals surface area contributed by atoms with Crippen molar-refractivity contribution in [3.8, 4) is 0 Å². The summed E-state index contributed by atoms with van der Waals surface area (Å²) >= 11 is 0. The van der Waals surface area contributed by atoms with E-state index in [0.29, 0.717) is 19.8 Å². The Labute approximate surface area is 101 Å². The Kier molecular flexibility index (Phi) is 3.18. The molecule has 3 saturated heterocycles. The molecule has 1 unspecified atom stereocenters. The van der Waals surface area contributed by atoms with E-state index in [4.69, 9.17) is 18.9 Å². The van der Waals surface area contributed by atoms with Crippen molar-refractivity contribution in [2.24, 2.45) is 17.3 Å². The van der Waals surface area contributed by atoms with Gasteiger partial charge in [0.25, 0.3) is 5.97 Å². The van der Waals surface area contributed by atoms with Crippen molar-refractivity contribution in [3.05, 3.63) is 0 Å².